The summed E-state index contributed by atoms with van der Waals surface area (Å²) < 4.78 is 12.9. The molecule has 0 aliphatic carbocycles. The normalized spacial score (nSPS) is 11.0. The quantitative estimate of drug-likeness (QED) is 0.530. The number of benzene rings is 2. The van der Waals surface area contributed by atoms with Crippen molar-refractivity contribution < 1.29 is 9.47 Å². The van der Waals surface area contributed by atoms with Gasteiger partial charge in [0.1, 0.15) is 5.65 Å². The van der Waals surface area contributed by atoms with Crippen molar-refractivity contribution in [1.29, 1.82) is 0 Å². The molecule has 5 heteroatoms. The third-order valence-corrected chi connectivity index (χ3v) is 4.51. The minimum absolute atomic E-state index is 0.0617. The highest BCUT2D eigenvalue weighted by Crippen LogP contribution is 2.32. The van der Waals surface area contributed by atoms with Crippen LogP contribution in [-0.2, 0) is 6.54 Å². The summed E-state index contributed by atoms with van der Waals surface area (Å²) in [6.07, 6.45) is 1.70. The molecule has 4 aromatic rings. The average Bonchev–Trinajstić information content (AvgIpc) is 2.71. The zero-order valence-electron chi connectivity index (χ0n) is 14.6. The maximum Gasteiger partial charge on any atom is 0.198 e. The molecule has 0 unspecified atom stereocenters. The molecule has 0 N–H and O–H groups in total. The van der Waals surface area contributed by atoms with Gasteiger partial charge in [-0.1, -0.05) is 30.3 Å². The van der Waals surface area contributed by atoms with Gasteiger partial charge in [0.15, 0.2) is 16.9 Å². The number of nitrogens with zero attached hydrogens (tertiary/aromatic N) is 2. The highest BCUT2D eigenvalue weighted by molar-refractivity contribution is 5.93. The smallest absolute Gasteiger partial charge is 0.198 e. The zero-order valence-corrected chi connectivity index (χ0v) is 14.6. The molecule has 2 aromatic heterocycles. The maximum atomic E-state index is 13.0. The standard InChI is InChI=1S/C21H18N2O3/c1-25-18-11-16-17(12-19(18)26-2)23(13-14-7-4-3-5-8-14)21-15(20(16)24)9-6-10-22-21/h3-12H,13H2,1-2H3. The van der Waals surface area contributed by atoms with Gasteiger partial charge in [0.2, 0.25) is 0 Å². The van der Waals surface area contributed by atoms with Crippen molar-refractivity contribution in [3.05, 3.63) is 76.6 Å². The fourth-order valence-corrected chi connectivity index (χ4v) is 3.25. The van der Waals surface area contributed by atoms with E-state index >= 15 is 0 Å². The van der Waals surface area contributed by atoms with E-state index in [0.717, 1.165) is 11.1 Å². The van der Waals surface area contributed by atoms with Gasteiger partial charge in [-0.2, -0.15) is 0 Å². The number of hydrogen-bond acceptors (Lipinski definition) is 4. The molecule has 26 heavy (non-hydrogen) atoms. The summed E-state index contributed by atoms with van der Waals surface area (Å²) in [6.45, 7) is 0.598. The van der Waals surface area contributed by atoms with Gasteiger partial charge in [-0.15, -0.1) is 0 Å². The molecule has 0 amide bonds. The van der Waals surface area contributed by atoms with E-state index in [9.17, 15) is 4.79 Å². The Kier molecular flexibility index (Phi) is 4.05. The molecule has 0 radical (unpaired) electrons. The minimum Gasteiger partial charge on any atom is -0.493 e. The Labute approximate surface area is 150 Å². The van der Waals surface area contributed by atoms with Crippen LogP contribution >= 0.6 is 0 Å². The van der Waals surface area contributed by atoms with Gasteiger partial charge in [0.05, 0.1) is 30.5 Å². The highest BCUT2D eigenvalue weighted by Gasteiger charge is 2.16. The van der Waals surface area contributed by atoms with Crippen molar-refractivity contribution in [2.45, 2.75) is 6.54 Å². The summed E-state index contributed by atoms with van der Waals surface area (Å²) >= 11 is 0. The maximum absolute atomic E-state index is 13.0. The molecule has 130 valence electrons. The first-order chi connectivity index (χ1) is 12.7. The summed E-state index contributed by atoms with van der Waals surface area (Å²) in [5, 5.41) is 1.17. The van der Waals surface area contributed by atoms with Crippen LogP contribution in [0.4, 0.5) is 0 Å². The summed E-state index contributed by atoms with van der Waals surface area (Å²) in [6, 6.07) is 17.3. The number of hydrogen-bond donors (Lipinski definition) is 0. The molecule has 0 fully saturated rings. The van der Waals surface area contributed by atoms with Gasteiger partial charge in [-0.3, -0.25) is 4.79 Å². The van der Waals surface area contributed by atoms with Crippen LogP contribution in [0.25, 0.3) is 21.9 Å². The first kappa shape index (κ1) is 16.1. The summed E-state index contributed by atoms with van der Waals surface area (Å²) in [4.78, 5) is 17.5. The first-order valence-corrected chi connectivity index (χ1v) is 8.30. The lowest BCUT2D eigenvalue weighted by Crippen LogP contribution is -2.13. The van der Waals surface area contributed by atoms with Crippen molar-refractivity contribution in [3.8, 4) is 11.5 Å². The van der Waals surface area contributed by atoms with Gasteiger partial charge >= 0.3 is 0 Å². The van der Waals surface area contributed by atoms with E-state index in [1.165, 1.54) is 0 Å². The topological polar surface area (TPSA) is 53.3 Å². The average molecular weight is 346 g/mol. The first-order valence-electron chi connectivity index (χ1n) is 8.30. The van der Waals surface area contributed by atoms with E-state index in [4.69, 9.17) is 9.47 Å². The SMILES string of the molecule is COc1cc2c(=O)c3cccnc3n(Cc3ccccc3)c2cc1OC. The van der Waals surface area contributed by atoms with Gasteiger partial charge in [-0.25, -0.2) is 4.98 Å². The molecular weight excluding hydrogens is 328 g/mol. The molecule has 2 aromatic carbocycles. The number of aromatic nitrogens is 2. The molecule has 0 atom stereocenters. The predicted octanol–water partition coefficient (Wildman–Crippen LogP) is 3.62. The van der Waals surface area contributed by atoms with Crippen LogP contribution < -0.4 is 14.9 Å². The lowest BCUT2D eigenvalue weighted by Gasteiger charge is -2.16. The third kappa shape index (κ3) is 2.58. The highest BCUT2D eigenvalue weighted by atomic mass is 16.5. The van der Waals surface area contributed by atoms with Crippen LogP contribution in [0.1, 0.15) is 5.56 Å². The Bertz CT molecular complexity index is 1150. The van der Waals surface area contributed by atoms with E-state index < -0.39 is 0 Å². The molecule has 0 saturated heterocycles. The van der Waals surface area contributed by atoms with Crippen LogP contribution in [0.5, 0.6) is 11.5 Å². The van der Waals surface area contributed by atoms with Crippen molar-refractivity contribution in [3.63, 3.8) is 0 Å². The van der Waals surface area contributed by atoms with E-state index in [-0.39, 0.29) is 5.43 Å². The van der Waals surface area contributed by atoms with Gasteiger partial charge < -0.3 is 14.0 Å². The van der Waals surface area contributed by atoms with Crippen molar-refractivity contribution in [1.82, 2.24) is 9.55 Å². The molecule has 0 spiro atoms. The second-order valence-corrected chi connectivity index (χ2v) is 6.00. The number of methoxy groups -OCH3 is 2. The van der Waals surface area contributed by atoms with Gasteiger partial charge in [0.25, 0.3) is 0 Å². The summed E-state index contributed by atoms with van der Waals surface area (Å²) in [7, 11) is 3.15. The number of pyridine rings is 2. The molecule has 2 heterocycles. The Hall–Kier alpha value is -3.34. The van der Waals surface area contributed by atoms with Crippen LogP contribution in [0.15, 0.2) is 65.6 Å². The molecule has 5 nitrogen and oxygen atoms in total. The van der Waals surface area contributed by atoms with Crippen LogP contribution in [0.2, 0.25) is 0 Å². The van der Waals surface area contributed by atoms with Crippen LogP contribution in [-0.4, -0.2) is 23.8 Å². The number of rotatable bonds is 4. The van der Waals surface area contributed by atoms with E-state index in [1.807, 2.05) is 34.9 Å². The second kappa shape index (κ2) is 6.52. The Morgan fingerprint density at radius 3 is 2.38 bits per heavy atom. The third-order valence-electron chi connectivity index (χ3n) is 4.51. The molecular formula is C21H18N2O3. The van der Waals surface area contributed by atoms with Crippen LogP contribution in [0, 0.1) is 0 Å². The number of ether oxygens (including phenoxy) is 2. The van der Waals surface area contributed by atoms with Gasteiger partial charge in [-0.05, 0) is 23.8 Å². The van der Waals surface area contributed by atoms with Crippen molar-refractivity contribution in [2.24, 2.45) is 0 Å². The van der Waals surface area contributed by atoms with Crippen LogP contribution in [0.3, 0.4) is 0 Å². The van der Waals surface area contributed by atoms with Gasteiger partial charge in [0, 0.05) is 18.8 Å². The molecule has 4 rings (SSSR count). The minimum atomic E-state index is -0.0617. The molecule has 0 saturated carbocycles. The zero-order chi connectivity index (χ0) is 18.1. The molecule has 0 bridgehead atoms. The lowest BCUT2D eigenvalue weighted by atomic mass is 10.1. The Balaban J connectivity index is 2.11. The van der Waals surface area contributed by atoms with E-state index in [2.05, 4.69) is 17.1 Å². The van der Waals surface area contributed by atoms with E-state index in [1.54, 1.807) is 32.5 Å². The Morgan fingerprint density at radius 1 is 0.923 bits per heavy atom. The molecule has 0 aliphatic heterocycles. The monoisotopic (exact) mass is 346 g/mol. The largest absolute Gasteiger partial charge is 0.493 e. The predicted molar refractivity (Wildman–Crippen MR) is 102 cm³/mol. The summed E-state index contributed by atoms with van der Waals surface area (Å²) in [5.74, 6) is 1.11. The fraction of sp³-hybridized carbons (Fsp3) is 0.143. The number of fused-ring (bicyclic) bond motifs is 2. The van der Waals surface area contributed by atoms with Crippen molar-refractivity contribution >= 4 is 21.9 Å². The Morgan fingerprint density at radius 2 is 1.65 bits per heavy atom. The lowest BCUT2D eigenvalue weighted by molar-refractivity contribution is 0.355. The fourth-order valence-electron chi connectivity index (χ4n) is 3.25. The molecule has 0 aliphatic rings. The second-order valence-electron chi connectivity index (χ2n) is 6.00. The van der Waals surface area contributed by atoms with Crippen molar-refractivity contribution in [2.75, 3.05) is 14.2 Å². The summed E-state index contributed by atoms with van der Waals surface area (Å²) in [5.41, 5.74) is 2.48. The van der Waals surface area contributed by atoms with E-state index in [0.29, 0.717) is 34.5 Å².